The minimum atomic E-state index is -0.994. The Morgan fingerprint density at radius 2 is 1.83 bits per heavy atom. The minimum Gasteiger partial charge on any atom is -0.490 e. The van der Waals surface area contributed by atoms with E-state index in [0.717, 1.165) is 67.0 Å². The molecule has 0 spiro atoms. The molecule has 2 atom stereocenters. The molecule has 0 N–H and O–H groups in total. The molecule has 2 aromatic carbocycles. The Morgan fingerprint density at radius 1 is 1.10 bits per heavy atom. The van der Waals surface area contributed by atoms with E-state index in [1.54, 1.807) is 13.0 Å². The lowest BCUT2D eigenvalue weighted by Crippen LogP contribution is -2.41. The van der Waals surface area contributed by atoms with Gasteiger partial charge in [0.25, 0.3) is 0 Å². The second-order valence-corrected chi connectivity index (χ2v) is 15.1. The molecule has 0 bridgehead atoms. The summed E-state index contributed by atoms with van der Waals surface area (Å²) in [6, 6.07) is 17.8. The molecule has 0 aliphatic carbocycles. The molecule has 52 heavy (non-hydrogen) atoms. The first-order valence-electron chi connectivity index (χ1n) is 18.3. The SMILES string of the molecule is C=CCCC1(C)CCN(c2c([C@H](OC(C)(C)C)C(=O)OCC)c(C)nc3cc(-c4cccc(-c5cc(C#N)ccc5O[C@@H](C)CC=C)c4)nn23)CC1. The minimum absolute atomic E-state index is 0.0805. The number of anilines is 1. The van der Waals surface area contributed by atoms with Crippen molar-refractivity contribution in [2.24, 2.45) is 5.41 Å². The van der Waals surface area contributed by atoms with Crippen molar-refractivity contribution in [2.45, 2.75) is 98.4 Å². The lowest BCUT2D eigenvalue weighted by atomic mass is 9.76. The average Bonchev–Trinajstić information content (AvgIpc) is 3.53. The van der Waals surface area contributed by atoms with Crippen molar-refractivity contribution < 1.29 is 19.0 Å². The summed E-state index contributed by atoms with van der Waals surface area (Å²) < 4.78 is 20.3. The molecule has 1 aliphatic heterocycles. The van der Waals surface area contributed by atoms with E-state index < -0.39 is 17.7 Å². The van der Waals surface area contributed by atoms with E-state index in [2.05, 4.69) is 37.1 Å². The van der Waals surface area contributed by atoms with Crippen LogP contribution in [0.3, 0.4) is 0 Å². The normalized spacial score (nSPS) is 15.5. The fraction of sp³-hybridized carbons (Fsp3) is 0.442. The number of ether oxygens (including phenoxy) is 3. The quantitative estimate of drug-likeness (QED) is 0.0945. The predicted octanol–water partition coefficient (Wildman–Crippen LogP) is 9.58. The number of fused-ring (bicyclic) bond motifs is 1. The predicted molar refractivity (Wildman–Crippen MR) is 207 cm³/mol. The third-order valence-corrected chi connectivity index (χ3v) is 9.67. The van der Waals surface area contributed by atoms with E-state index in [4.69, 9.17) is 24.3 Å². The van der Waals surface area contributed by atoms with Crippen molar-refractivity contribution in [3.05, 3.63) is 90.7 Å². The van der Waals surface area contributed by atoms with Crippen LogP contribution in [0.4, 0.5) is 5.82 Å². The number of rotatable bonds is 14. The van der Waals surface area contributed by atoms with Gasteiger partial charge in [-0.15, -0.1) is 13.2 Å². The molecule has 3 heterocycles. The second kappa shape index (κ2) is 16.2. The lowest BCUT2D eigenvalue weighted by molar-refractivity contribution is -0.166. The van der Waals surface area contributed by atoms with Gasteiger partial charge in [-0.05, 0) is 102 Å². The summed E-state index contributed by atoms with van der Waals surface area (Å²) in [7, 11) is 0. The van der Waals surface area contributed by atoms with Gasteiger partial charge in [-0.2, -0.15) is 14.9 Å². The van der Waals surface area contributed by atoms with Crippen LogP contribution < -0.4 is 9.64 Å². The van der Waals surface area contributed by atoms with Gasteiger partial charge < -0.3 is 19.1 Å². The second-order valence-electron chi connectivity index (χ2n) is 15.1. The first kappa shape index (κ1) is 38.3. The van der Waals surface area contributed by atoms with Crippen molar-refractivity contribution in [1.29, 1.82) is 5.26 Å². The number of nitriles is 1. The first-order chi connectivity index (χ1) is 24.8. The van der Waals surface area contributed by atoms with Gasteiger partial charge in [-0.1, -0.05) is 37.3 Å². The molecule has 0 amide bonds. The molecule has 0 radical (unpaired) electrons. The van der Waals surface area contributed by atoms with Crippen molar-refractivity contribution in [3.63, 3.8) is 0 Å². The highest BCUT2D eigenvalue weighted by molar-refractivity contribution is 5.81. The van der Waals surface area contributed by atoms with E-state index in [1.165, 1.54) is 0 Å². The van der Waals surface area contributed by atoms with Crippen molar-refractivity contribution >= 4 is 17.4 Å². The summed E-state index contributed by atoms with van der Waals surface area (Å²) in [6.07, 6.45) is 7.49. The summed E-state index contributed by atoms with van der Waals surface area (Å²) in [6.45, 7) is 23.5. The fourth-order valence-electron chi connectivity index (χ4n) is 6.90. The molecule has 9 heteroatoms. The van der Waals surface area contributed by atoms with Gasteiger partial charge in [-0.3, -0.25) is 0 Å². The Kier molecular flexibility index (Phi) is 11.9. The number of nitrogens with zero attached hydrogens (tertiary/aromatic N) is 5. The third kappa shape index (κ3) is 8.74. The van der Waals surface area contributed by atoms with Crippen LogP contribution >= 0.6 is 0 Å². The van der Waals surface area contributed by atoms with Gasteiger partial charge in [0.1, 0.15) is 11.6 Å². The highest BCUT2D eigenvalue weighted by atomic mass is 16.6. The molecule has 2 aromatic heterocycles. The zero-order valence-electron chi connectivity index (χ0n) is 31.9. The monoisotopic (exact) mass is 703 g/mol. The number of hydrogen-bond donors (Lipinski definition) is 0. The van der Waals surface area contributed by atoms with Gasteiger partial charge in [0, 0.05) is 42.4 Å². The summed E-state index contributed by atoms with van der Waals surface area (Å²) in [4.78, 5) is 21.0. The van der Waals surface area contributed by atoms with Crippen LogP contribution in [-0.2, 0) is 14.3 Å². The number of aryl methyl sites for hydroxylation is 1. The van der Waals surface area contributed by atoms with E-state index in [0.29, 0.717) is 34.6 Å². The van der Waals surface area contributed by atoms with Crippen LogP contribution in [0.1, 0.15) is 96.6 Å². The number of aromatic nitrogens is 3. The van der Waals surface area contributed by atoms with Crippen molar-refractivity contribution in [3.8, 4) is 34.2 Å². The van der Waals surface area contributed by atoms with Gasteiger partial charge in [0.2, 0.25) is 0 Å². The molecule has 1 aliphatic rings. The first-order valence-corrected chi connectivity index (χ1v) is 18.3. The van der Waals surface area contributed by atoms with Crippen molar-refractivity contribution in [2.75, 3.05) is 24.6 Å². The van der Waals surface area contributed by atoms with Crippen LogP contribution in [0.5, 0.6) is 5.75 Å². The molecule has 0 saturated carbocycles. The molecule has 1 fully saturated rings. The van der Waals surface area contributed by atoms with Crippen LogP contribution in [0.2, 0.25) is 0 Å². The Balaban J connectivity index is 1.66. The smallest absolute Gasteiger partial charge is 0.340 e. The zero-order chi connectivity index (χ0) is 37.6. The highest BCUT2D eigenvalue weighted by Crippen LogP contribution is 2.42. The number of benzene rings is 2. The van der Waals surface area contributed by atoms with Gasteiger partial charge in [0.15, 0.2) is 11.8 Å². The maximum atomic E-state index is 13.7. The van der Waals surface area contributed by atoms with Crippen molar-refractivity contribution in [1.82, 2.24) is 14.6 Å². The molecule has 4 aromatic rings. The Labute approximate surface area is 308 Å². The number of esters is 1. The fourth-order valence-corrected chi connectivity index (χ4v) is 6.90. The van der Waals surface area contributed by atoms with Gasteiger partial charge in [0.05, 0.1) is 41.2 Å². The summed E-state index contributed by atoms with van der Waals surface area (Å²) in [5.74, 6) is 1.04. The maximum Gasteiger partial charge on any atom is 0.340 e. The van der Waals surface area contributed by atoms with Crippen LogP contribution in [0.25, 0.3) is 28.0 Å². The van der Waals surface area contributed by atoms with Crippen LogP contribution in [-0.4, -0.2) is 52.0 Å². The molecule has 9 nitrogen and oxygen atoms in total. The average molecular weight is 704 g/mol. The van der Waals surface area contributed by atoms with Gasteiger partial charge >= 0.3 is 5.97 Å². The summed E-state index contributed by atoms with van der Waals surface area (Å²) in [5, 5.41) is 14.9. The van der Waals surface area contributed by atoms with E-state index >= 15 is 0 Å². The standard InChI is InChI=1S/C43H53N5O4/c1-10-13-20-43(9)21-23-47(24-22-43)40-38(39(41(49)50-12-3)52-42(6,7)8)30(5)45-37-27-35(46-48(37)40)33-17-14-16-32(26-33)34-25-31(28-44)18-19-36(34)51-29(4)15-11-2/h10-11,14,16-19,25-27,29,39H,1-2,12-13,15,20-24H2,3-9H3/t29-,39-/m0/s1. The molecule has 0 unspecified atom stereocenters. The van der Waals surface area contributed by atoms with Crippen LogP contribution in [0, 0.1) is 23.7 Å². The number of piperidine rings is 1. The van der Waals surface area contributed by atoms with E-state index in [1.807, 2.05) is 87.7 Å². The van der Waals surface area contributed by atoms with Crippen LogP contribution in [0.15, 0.2) is 73.8 Å². The Morgan fingerprint density at radius 3 is 2.48 bits per heavy atom. The molecule has 1 saturated heterocycles. The lowest BCUT2D eigenvalue weighted by Gasteiger charge is -2.41. The van der Waals surface area contributed by atoms with E-state index in [9.17, 15) is 10.1 Å². The third-order valence-electron chi connectivity index (χ3n) is 9.67. The number of allylic oxidation sites excluding steroid dienone is 1. The Hall–Kier alpha value is -4.94. The number of hydrogen-bond acceptors (Lipinski definition) is 8. The number of carbonyl (C=O) groups excluding carboxylic acids is 1. The molecule has 274 valence electrons. The van der Waals surface area contributed by atoms with Gasteiger partial charge in [-0.25, -0.2) is 9.78 Å². The molecular weight excluding hydrogens is 651 g/mol. The molecular formula is C43H53N5O4. The maximum absolute atomic E-state index is 13.7. The number of carbonyl (C=O) groups is 1. The van der Waals surface area contributed by atoms with E-state index in [-0.39, 0.29) is 18.1 Å². The topological polar surface area (TPSA) is 102 Å². The largest absolute Gasteiger partial charge is 0.490 e. The molecule has 5 rings (SSSR count). The zero-order valence-corrected chi connectivity index (χ0v) is 31.9. The summed E-state index contributed by atoms with van der Waals surface area (Å²) in [5.41, 5.74) is 5.46. The summed E-state index contributed by atoms with van der Waals surface area (Å²) >= 11 is 0. The Bertz CT molecular complexity index is 1960. The highest BCUT2D eigenvalue weighted by Gasteiger charge is 2.38.